The molecule has 2 aromatic rings. The number of nitrogens with one attached hydrogen (secondary N) is 1. The van der Waals surface area contributed by atoms with Crippen LogP contribution in [0.3, 0.4) is 0 Å². The zero-order valence-electron chi connectivity index (χ0n) is 15.6. The number of fused-ring (bicyclic) bond motifs is 1. The molecule has 0 fully saturated rings. The Morgan fingerprint density at radius 1 is 1.08 bits per heavy atom. The first-order valence-electron chi connectivity index (χ1n) is 9.03. The van der Waals surface area contributed by atoms with Crippen molar-refractivity contribution in [3.8, 4) is 0 Å². The maximum atomic E-state index is 13.3. The van der Waals surface area contributed by atoms with Crippen LogP contribution in [0.25, 0.3) is 5.57 Å². The standard InChI is InChI=1S/C21H26N2O2S/c1-16(2)22-15-18-7-6-14-23(21-9-5-4-8-20(18)21)26(24,25)19-12-10-17(3)11-13-19/h4-5,8-13,15-16,22H,6-7,14H2,1-3H3. The molecule has 0 unspecified atom stereocenters. The van der Waals surface area contributed by atoms with Crippen LogP contribution in [0.15, 0.2) is 59.6 Å². The van der Waals surface area contributed by atoms with Gasteiger partial charge < -0.3 is 5.32 Å². The van der Waals surface area contributed by atoms with E-state index in [0.717, 1.165) is 35.2 Å². The molecule has 0 aromatic heterocycles. The molecule has 0 spiro atoms. The molecule has 5 heteroatoms. The number of para-hydroxylation sites is 1. The summed E-state index contributed by atoms with van der Waals surface area (Å²) >= 11 is 0. The van der Waals surface area contributed by atoms with E-state index in [4.69, 9.17) is 0 Å². The van der Waals surface area contributed by atoms with E-state index in [0.29, 0.717) is 17.5 Å². The van der Waals surface area contributed by atoms with Gasteiger partial charge in [-0.1, -0.05) is 35.9 Å². The molecule has 138 valence electrons. The highest BCUT2D eigenvalue weighted by atomic mass is 32.2. The van der Waals surface area contributed by atoms with Gasteiger partial charge in [0, 0.05) is 24.4 Å². The molecule has 4 nitrogen and oxygen atoms in total. The first-order valence-corrected chi connectivity index (χ1v) is 10.5. The average molecular weight is 371 g/mol. The largest absolute Gasteiger partial charge is 0.388 e. The Labute approximate surface area is 156 Å². The molecule has 0 saturated heterocycles. The van der Waals surface area contributed by atoms with Gasteiger partial charge in [-0.15, -0.1) is 0 Å². The summed E-state index contributed by atoms with van der Waals surface area (Å²) < 4.78 is 28.1. The van der Waals surface area contributed by atoms with E-state index in [2.05, 4.69) is 19.2 Å². The van der Waals surface area contributed by atoms with Crippen LogP contribution in [-0.2, 0) is 10.0 Å². The monoisotopic (exact) mass is 370 g/mol. The Morgan fingerprint density at radius 3 is 2.46 bits per heavy atom. The topological polar surface area (TPSA) is 49.4 Å². The second-order valence-corrected chi connectivity index (χ2v) is 8.86. The normalized spacial score (nSPS) is 16.5. The summed E-state index contributed by atoms with van der Waals surface area (Å²) in [5.41, 5.74) is 3.93. The first-order chi connectivity index (χ1) is 12.4. The van der Waals surface area contributed by atoms with E-state index in [1.54, 1.807) is 16.4 Å². The smallest absolute Gasteiger partial charge is 0.264 e. The molecular formula is C21H26N2O2S. The first kappa shape index (κ1) is 18.5. The van der Waals surface area contributed by atoms with Crippen LogP contribution in [0.1, 0.15) is 37.8 Å². The summed E-state index contributed by atoms with van der Waals surface area (Å²) in [6.07, 6.45) is 3.66. The van der Waals surface area contributed by atoms with Crippen LogP contribution >= 0.6 is 0 Å². The summed E-state index contributed by atoms with van der Waals surface area (Å²) in [6.45, 7) is 6.62. The number of aryl methyl sites for hydroxylation is 1. The number of allylic oxidation sites excluding steroid dienone is 1. The molecular weight excluding hydrogens is 344 g/mol. The number of anilines is 1. The minimum atomic E-state index is -3.58. The lowest BCUT2D eigenvalue weighted by molar-refractivity contribution is 0.590. The van der Waals surface area contributed by atoms with E-state index in [-0.39, 0.29) is 0 Å². The Hall–Kier alpha value is -2.27. The number of hydrogen-bond donors (Lipinski definition) is 1. The fourth-order valence-electron chi connectivity index (χ4n) is 3.14. The lowest BCUT2D eigenvalue weighted by atomic mass is 10.0. The quantitative estimate of drug-likeness (QED) is 0.872. The zero-order chi connectivity index (χ0) is 18.7. The minimum Gasteiger partial charge on any atom is -0.388 e. The van der Waals surface area contributed by atoms with Gasteiger partial charge in [0.1, 0.15) is 0 Å². The van der Waals surface area contributed by atoms with Gasteiger partial charge in [-0.3, -0.25) is 4.31 Å². The van der Waals surface area contributed by atoms with Crippen molar-refractivity contribution in [3.05, 3.63) is 65.9 Å². The van der Waals surface area contributed by atoms with Crippen molar-refractivity contribution in [2.75, 3.05) is 10.8 Å². The van der Waals surface area contributed by atoms with Crippen molar-refractivity contribution in [1.82, 2.24) is 5.32 Å². The van der Waals surface area contributed by atoms with Crippen molar-refractivity contribution in [3.63, 3.8) is 0 Å². The molecule has 1 heterocycles. The van der Waals surface area contributed by atoms with Gasteiger partial charge in [0.15, 0.2) is 0 Å². The Balaban J connectivity index is 2.06. The number of benzene rings is 2. The molecule has 3 rings (SSSR count). The third-order valence-electron chi connectivity index (χ3n) is 4.53. The van der Waals surface area contributed by atoms with E-state index in [9.17, 15) is 8.42 Å². The van der Waals surface area contributed by atoms with E-state index in [1.165, 1.54) is 0 Å². The van der Waals surface area contributed by atoms with Crippen molar-refractivity contribution >= 4 is 21.3 Å². The molecule has 0 aliphatic carbocycles. The van der Waals surface area contributed by atoms with Crippen LogP contribution in [0.2, 0.25) is 0 Å². The molecule has 0 amide bonds. The van der Waals surface area contributed by atoms with Gasteiger partial charge in [0.05, 0.1) is 10.6 Å². The lowest BCUT2D eigenvalue weighted by Crippen LogP contribution is -2.31. The van der Waals surface area contributed by atoms with E-state index >= 15 is 0 Å². The van der Waals surface area contributed by atoms with Crippen LogP contribution in [0.4, 0.5) is 5.69 Å². The third kappa shape index (κ3) is 3.78. The van der Waals surface area contributed by atoms with Gasteiger partial charge in [0.2, 0.25) is 0 Å². The fraction of sp³-hybridized carbons (Fsp3) is 0.333. The maximum Gasteiger partial charge on any atom is 0.264 e. The molecule has 26 heavy (non-hydrogen) atoms. The van der Waals surface area contributed by atoms with Crippen LogP contribution in [-0.4, -0.2) is 21.0 Å². The second kappa shape index (κ2) is 7.54. The van der Waals surface area contributed by atoms with E-state index < -0.39 is 10.0 Å². The summed E-state index contributed by atoms with van der Waals surface area (Å²) in [4.78, 5) is 0.339. The average Bonchev–Trinajstić information content (AvgIpc) is 2.80. The molecule has 2 aromatic carbocycles. The van der Waals surface area contributed by atoms with Crippen molar-refractivity contribution in [2.45, 2.75) is 44.6 Å². The van der Waals surface area contributed by atoms with Crippen molar-refractivity contribution in [1.29, 1.82) is 0 Å². The predicted octanol–water partition coefficient (Wildman–Crippen LogP) is 4.32. The molecule has 1 aliphatic heterocycles. The van der Waals surface area contributed by atoms with E-state index in [1.807, 2.05) is 49.5 Å². The lowest BCUT2D eigenvalue weighted by Gasteiger charge is -2.24. The Bertz CT molecular complexity index is 900. The molecule has 0 bridgehead atoms. The molecule has 1 aliphatic rings. The van der Waals surface area contributed by atoms with Gasteiger partial charge in [-0.25, -0.2) is 8.42 Å². The van der Waals surface area contributed by atoms with Gasteiger partial charge in [0.25, 0.3) is 10.0 Å². The maximum absolute atomic E-state index is 13.3. The minimum absolute atomic E-state index is 0.338. The third-order valence-corrected chi connectivity index (χ3v) is 6.35. The second-order valence-electron chi connectivity index (χ2n) is 7.00. The molecule has 1 N–H and O–H groups in total. The SMILES string of the molecule is Cc1ccc(S(=O)(=O)N2CCCC(=CNC(C)C)c3ccccc32)cc1. The number of rotatable bonds is 4. The van der Waals surface area contributed by atoms with Gasteiger partial charge in [-0.05, 0) is 57.4 Å². The fourth-order valence-corrected chi connectivity index (χ4v) is 4.66. The van der Waals surface area contributed by atoms with Crippen molar-refractivity contribution < 1.29 is 8.42 Å². The highest BCUT2D eigenvalue weighted by molar-refractivity contribution is 7.92. The van der Waals surface area contributed by atoms with Crippen LogP contribution in [0, 0.1) is 6.92 Å². The van der Waals surface area contributed by atoms with Crippen LogP contribution in [0.5, 0.6) is 0 Å². The highest BCUT2D eigenvalue weighted by Crippen LogP contribution is 2.36. The Morgan fingerprint density at radius 2 is 1.77 bits per heavy atom. The molecule has 0 saturated carbocycles. The highest BCUT2D eigenvalue weighted by Gasteiger charge is 2.29. The van der Waals surface area contributed by atoms with Crippen molar-refractivity contribution in [2.24, 2.45) is 0 Å². The van der Waals surface area contributed by atoms with Gasteiger partial charge in [-0.2, -0.15) is 0 Å². The van der Waals surface area contributed by atoms with Crippen LogP contribution < -0.4 is 9.62 Å². The molecule has 0 radical (unpaired) electrons. The summed E-state index contributed by atoms with van der Waals surface area (Å²) in [5, 5.41) is 3.35. The summed E-state index contributed by atoms with van der Waals surface area (Å²) in [6, 6.07) is 15.2. The zero-order valence-corrected chi connectivity index (χ0v) is 16.4. The predicted molar refractivity (Wildman–Crippen MR) is 108 cm³/mol. The number of nitrogens with zero attached hydrogens (tertiary/aromatic N) is 1. The Kier molecular flexibility index (Phi) is 5.37. The van der Waals surface area contributed by atoms with Gasteiger partial charge >= 0.3 is 0 Å². The number of hydrogen-bond acceptors (Lipinski definition) is 3. The molecule has 0 atom stereocenters. The summed E-state index contributed by atoms with van der Waals surface area (Å²) in [5.74, 6) is 0. The number of sulfonamides is 1. The summed E-state index contributed by atoms with van der Waals surface area (Å²) in [7, 11) is -3.58.